The van der Waals surface area contributed by atoms with Crippen molar-refractivity contribution in [2.75, 3.05) is 5.32 Å². The Labute approximate surface area is 125 Å². The van der Waals surface area contributed by atoms with E-state index < -0.39 is 11.7 Å². The molecule has 0 unspecified atom stereocenters. The lowest BCUT2D eigenvalue weighted by Crippen LogP contribution is -2.09. The Morgan fingerprint density at radius 3 is 2.55 bits per heavy atom. The second-order valence-electron chi connectivity index (χ2n) is 4.00. The van der Waals surface area contributed by atoms with Crippen LogP contribution in [0.1, 0.15) is 5.56 Å². The molecule has 0 radical (unpaired) electrons. The molecule has 102 valence electrons. The maximum absolute atomic E-state index is 13.5. The van der Waals surface area contributed by atoms with Gasteiger partial charge in [-0.15, -0.1) is 0 Å². The SMILES string of the molecule is O=C(C=Cc1cccc(Cl)c1)Nc1ccc(Cl)cc1F. The van der Waals surface area contributed by atoms with Crippen molar-refractivity contribution >= 4 is 40.9 Å². The highest BCUT2D eigenvalue weighted by Crippen LogP contribution is 2.19. The zero-order valence-electron chi connectivity index (χ0n) is 10.2. The Bertz CT molecular complexity index is 671. The molecular formula is C15H10Cl2FNO. The topological polar surface area (TPSA) is 29.1 Å². The minimum Gasteiger partial charge on any atom is -0.320 e. The molecule has 0 spiro atoms. The third kappa shape index (κ3) is 4.08. The van der Waals surface area contributed by atoms with Crippen LogP contribution < -0.4 is 5.32 Å². The van der Waals surface area contributed by atoms with Gasteiger partial charge in [0.25, 0.3) is 0 Å². The van der Waals surface area contributed by atoms with Gasteiger partial charge in [-0.05, 0) is 42.0 Å². The zero-order chi connectivity index (χ0) is 14.5. The molecule has 0 atom stereocenters. The van der Waals surface area contributed by atoms with Gasteiger partial charge >= 0.3 is 0 Å². The number of nitrogens with one attached hydrogen (secondary N) is 1. The molecule has 0 saturated carbocycles. The molecular weight excluding hydrogens is 300 g/mol. The number of amides is 1. The summed E-state index contributed by atoms with van der Waals surface area (Å²) in [5, 5.41) is 3.28. The molecule has 2 aromatic rings. The maximum Gasteiger partial charge on any atom is 0.248 e. The third-order valence-electron chi connectivity index (χ3n) is 2.46. The monoisotopic (exact) mass is 309 g/mol. The summed E-state index contributed by atoms with van der Waals surface area (Å²) >= 11 is 11.5. The molecule has 0 saturated heterocycles. The summed E-state index contributed by atoms with van der Waals surface area (Å²) in [5.74, 6) is -1.02. The lowest BCUT2D eigenvalue weighted by molar-refractivity contribution is -0.111. The van der Waals surface area contributed by atoms with E-state index in [1.165, 1.54) is 18.2 Å². The van der Waals surface area contributed by atoms with Crippen LogP contribution in [0.25, 0.3) is 6.08 Å². The van der Waals surface area contributed by atoms with Gasteiger partial charge in [0.1, 0.15) is 5.82 Å². The van der Waals surface area contributed by atoms with Gasteiger partial charge in [0.15, 0.2) is 0 Å². The van der Waals surface area contributed by atoms with Crippen LogP contribution in [0, 0.1) is 5.82 Å². The molecule has 1 amide bonds. The predicted octanol–water partition coefficient (Wildman–Crippen LogP) is 4.78. The van der Waals surface area contributed by atoms with Crippen molar-refractivity contribution in [2.45, 2.75) is 0 Å². The van der Waals surface area contributed by atoms with Gasteiger partial charge in [-0.25, -0.2) is 4.39 Å². The minimum atomic E-state index is -0.581. The van der Waals surface area contributed by atoms with Gasteiger partial charge in [-0.1, -0.05) is 35.3 Å². The van der Waals surface area contributed by atoms with E-state index in [1.807, 2.05) is 0 Å². The summed E-state index contributed by atoms with van der Waals surface area (Å²) in [7, 11) is 0. The number of rotatable bonds is 3. The highest BCUT2D eigenvalue weighted by atomic mass is 35.5. The smallest absolute Gasteiger partial charge is 0.248 e. The van der Waals surface area contributed by atoms with Gasteiger partial charge in [0.2, 0.25) is 5.91 Å². The van der Waals surface area contributed by atoms with Crippen molar-refractivity contribution in [3.63, 3.8) is 0 Å². The second kappa shape index (κ2) is 6.55. The van der Waals surface area contributed by atoms with Crippen LogP contribution in [0.5, 0.6) is 0 Å². The average Bonchev–Trinajstić information content (AvgIpc) is 2.40. The quantitative estimate of drug-likeness (QED) is 0.812. The molecule has 0 aliphatic carbocycles. The van der Waals surface area contributed by atoms with Crippen molar-refractivity contribution in [2.24, 2.45) is 0 Å². The molecule has 0 bridgehead atoms. The van der Waals surface area contributed by atoms with Gasteiger partial charge < -0.3 is 5.32 Å². The normalized spacial score (nSPS) is 10.8. The van der Waals surface area contributed by atoms with Crippen LogP contribution in [0.15, 0.2) is 48.5 Å². The third-order valence-corrected chi connectivity index (χ3v) is 2.94. The van der Waals surface area contributed by atoms with Crippen LogP contribution in [-0.2, 0) is 4.79 Å². The highest BCUT2D eigenvalue weighted by Gasteiger charge is 2.05. The van der Waals surface area contributed by atoms with Gasteiger partial charge in [-0.2, -0.15) is 0 Å². The van der Waals surface area contributed by atoms with Crippen LogP contribution in [0.4, 0.5) is 10.1 Å². The van der Waals surface area contributed by atoms with E-state index in [0.717, 1.165) is 11.6 Å². The van der Waals surface area contributed by atoms with E-state index in [9.17, 15) is 9.18 Å². The summed E-state index contributed by atoms with van der Waals surface area (Å²) in [6.45, 7) is 0. The Morgan fingerprint density at radius 2 is 1.85 bits per heavy atom. The summed E-state index contributed by atoms with van der Waals surface area (Å²) in [6, 6.07) is 11.1. The molecule has 2 rings (SSSR count). The lowest BCUT2D eigenvalue weighted by atomic mass is 10.2. The van der Waals surface area contributed by atoms with E-state index in [4.69, 9.17) is 23.2 Å². The highest BCUT2D eigenvalue weighted by molar-refractivity contribution is 6.31. The number of hydrogen-bond donors (Lipinski definition) is 1. The molecule has 0 heterocycles. The summed E-state index contributed by atoms with van der Waals surface area (Å²) in [4.78, 5) is 11.7. The molecule has 20 heavy (non-hydrogen) atoms. The molecule has 2 aromatic carbocycles. The summed E-state index contributed by atoms with van der Waals surface area (Å²) in [6.07, 6.45) is 2.90. The fourth-order valence-electron chi connectivity index (χ4n) is 1.55. The molecule has 2 nitrogen and oxygen atoms in total. The predicted molar refractivity (Wildman–Crippen MR) is 80.5 cm³/mol. The van der Waals surface area contributed by atoms with E-state index in [-0.39, 0.29) is 10.7 Å². The van der Waals surface area contributed by atoms with E-state index in [0.29, 0.717) is 5.02 Å². The fourth-order valence-corrected chi connectivity index (χ4v) is 1.90. The first-order valence-corrected chi connectivity index (χ1v) is 6.50. The minimum absolute atomic E-state index is 0.0788. The zero-order valence-corrected chi connectivity index (χ0v) is 11.8. The first-order valence-electron chi connectivity index (χ1n) is 5.74. The molecule has 0 aliphatic heterocycles. The Morgan fingerprint density at radius 1 is 1.10 bits per heavy atom. The van der Waals surface area contributed by atoms with Gasteiger partial charge in [-0.3, -0.25) is 4.79 Å². The number of carbonyl (C=O) groups excluding carboxylic acids is 1. The number of benzene rings is 2. The molecule has 5 heteroatoms. The number of halogens is 3. The van der Waals surface area contributed by atoms with Crippen LogP contribution in [-0.4, -0.2) is 5.91 Å². The van der Waals surface area contributed by atoms with Crippen molar-refractivity contribution in [3.05, 3.63) is 70.0 Å². The number of hydrogen-bond acceptors (Lipinski definition) is 1. The van der Waals surface area contributed by atoms with Crippen LogP contribution in [0.3, 0.4) is 0 Å². The first-order chi connectivity index (χ1) is 9.54. The lowest BCUT2D eigenvalue weighted by Gasteiger charge is -2.03. The Hall–Kier alpha value is -1.84. The van der Waals surface area contributed by atoms with E-state index >= 15 is 0 Å². The maximum atomic E-state index is 13.5. The molecule has 1 N–H and O–H groups in total. The Balaban J connectivity index is 2.05. The van der Waals surface area contributed by atoms with Crippen molar-refractivity contribution in [1.82, 2.24) is 0 Å². The largest absolute Gasteiger partial charge is 0.320 e. The van der Waals surface area contributed by atoms with Gasteiger partial charge in [0, 0.05) is 16.1 Å². The standard InChI is InChI=1S/C15H10Cl2FNO/c16-11-3-1-2-10(8-11)4-7-15(20)19-14-6-5-12(17)9-13(14)18/h1-9H,(H,19,20). The van der Waals surface area contributed by atoms with Crippen molar-refractivity contribution in [1.29, 1.82) is 0 Å². The van der Waals surface area contributed by atoms with Crippen molar-refractivity contribution in [3.8, 4) is 0 Å². The van der Waals surface area contributed by atoms with Crippen molar-refractivity contribution < 1.29 is 9.18 Å². The van der Waals surface area contributed by atoms with Gasteiger partial charge in [0.05, 0.1) is 5.69 Å². The summed E-state index contributed by atoms with van der Waals surface area (Å²) < 4.78 is 13.5. The fraction of sp³-hybridized carbons (Fsp3) is 0. The second-order valence-corrected chi connectivity index (χ2v) is 4.87. The molecule has 0 fully saturated rings. The Kier molecular flexibility index (Phi) is 4.77. The molecule has 0 aliphatic rings. The average molecular weight is 310 g/mol. The molecule has 0 aromatic heterocycles. The van der Waals surface area contributed by atoms with Crippen LogP contribution in [0.2, 0.25) is 10.0 Å². The summed E-state index contributed by atoms with van der Waals surface area (Å²) in [5.41, 5.74) is 0.861. The number of carbonyl (C=O) groups is 1. The number of anilines is 1. The van der Waals surface area contributed by atoms with E-state index in [1.54, 1.807) is 30.3 Å². The first kappa shape index (κ1) is 14.6. The van der Waals surface area contributed by atoms with Crippen LogP contribution >= 0.6 is 23.2 Å². The van der Waals surface area contributed by atoms with E-state index in [2.05, 4.69) is 5.32 Å².